The van der Waals surface area contributed by atoms with Gasteiger partial charge in [-0.25, -0.2) is 18.4 Å². The van der Waals surface area contributed by atoms with Crippen LogP contribution < -0.4 is 0 Å². The second-order valence-electron chi connectivity index (χ2n) is 9.65. The molecule has 1 amide bonds. The predicted molar refractivity (Wildman–Crippen MR) is 125 cm³/mol. The average molecular weight is 487 g/mol. The minimum absolute atomic E-state index is 0.0319. The first-order chi connectivity index (χ1) is 16.4. The Balaban J connectivity index is 1.72. The fourth-order valence-electron chi connectivity index (χ4n) is 4.14. The number of nitrogens with zero attached hydrogens (tertiary/aromatic N) is 1. The van der Waals surface area contributed by atoms with Gasteiger partial charge in [0.2, 0.25) is 0 Å². The number of carbonyl (C=O) groups excluding carboxylic acids is 1. The lowest BCUT2D eigenvalue weighted by Crippen LogP contribution is -2.48. The van der Waals surface area contributed by atoms with Crippen LogP contribution in [0.2, 0.25) is 0 Å². The summed E-state index contributed by atoms with van der Waals surface area (Å²) in [7, 11) is 0. The lowest BCUT2D eigenvalue weighted by molar-refractivity contribution is -0.0414. The number of rotatable bonds is 4. The van der Waals surface area contributed by atoms with Crippen LogP contribution >= 0.6 is 0 Å². The van der Waals surface area contributed by atoms with E-state index in [1.54, 1.807) is 31.7 Å². The normalized spacial score (nSPS) is 16.5. The summed E-state index contributed by atoms with van der Waals surface area (Å²) < 4.78 is 47.2. The minimum atomic E-state index is -1.44. The average Bonchev–Trinajstić information content (AvgIpc) is 3.09. The van der Waals surface area contributed by atoms with E-state index >= 15 is 0 Å². The van der Waals surface area contributed by atoms with E-state index in [2.05, 4.69) is 0 Å². The molecule has 1 N–H and O–H groups in total. The van der Waals surface area contributed by atoms with Gasteiger partial charge in [0.15, 0.2) is 0 Å². The summed E-state index contributed by atoms with van der Waals surface area (Å²) in [6.07, 6.45) is -0.717. The molecule has 0 spiro atoms. The highest BCUT2D eigenvalue weighted by atomic mass is 19.1. The molecule has 0 saturated carbocycles. The lowest BCUT2D eigenvalue weighted by atomic mass is 9.97. The van der Waals surface area contributed by atoms with Crippen LogP contribution in [-0.2, 0) is 15.9 Å². The summed E-state index contributed by atoms with van der Waals surface area (Å²) >= 11 is 0. The molecule has 1 atom stereocenters. The Morgan fingerprint density at radius 3 is 2.49 bits per heavy atom. The van der Waals surface area contributed by atoms with Crippen LogP contribution in [0.25, 0.3) is 22.3 Å². The second kappa shape index (κ2) is 9.30. The number of carbonyl (C=O) groups is 2. The van der Waals surface area contributed by atoms with E-state index in [0.717, 1.165) is 17.7 Å². The summed E-state index contributed by atoms with van der Waals surface area (Å²) in [5.74, 6) is -3.55. The van der Waals surface area contributed by atoms with Gasteiger partial charge in [0.25, 0.3) is 0 Å². The Morgan fingerprint density at radius 2 is 1.86 bits per heavy atom. The van der Waals surface area contributed by atoms with E-state index in [4.69, 9.17) is 19.0 Å². The van der Waals surface area contributed by atoms with E-state index in [1.165, 1.54) is 0 Å². The zero-order chi connectivity index (χ0) is 25.5. The maximum absolute atomic E-state index is 15.0. The fraction of sp³-hybridized carbons (Fsp3) is 0.385. The van der Waals surface area contributed by atoms with Crippen molar-refractivity contribution in [2.24, 2.45) is 0 Å². The van der Waals surface area contributed by atoms with Crippen molar-refractivity contribution < 1.29 is 37.4 Å². The van der Waals surface area contributed by atoms with Crippen molar-refractivity contribution in [3.05, 3.63) is 58.7 Å². The Morgan fingerprint density at radius 1 is 1.17 bits per heavy atom. The molecule has 1 aliphatic heterocycles. The first-order valence-corrected chi connectivity index (χ1v) is 11.3. The van der Waals surface area contributed by atoms with Crippen LogP contribution in [0.3, 0.4) is 0 Å². The molecule has 0 unspecified atom stereocenters. The Kier molecular flexibility index (Phi) is 6.55. The predicted octanol–water partition coefficient (Wildman–Crippen LogP) is 5.56. The number of carboxylic acids is 1. The molecule has 1 aliphatic rings. The van der Waals surface area contributed by atoms with Crippen molar-refractivity contribution in [3.8, 4) is 11.3 Å². The third-order valence-electron chi connectivity index (χ3n) is 5.69. The van der Waals surface area contributed by atoms with E-state index in [9.17, 15) is 18.4 Å². The second-order valence-corrected chi connectivity index (χ2v) is 9.65. The Bertz CT molecular complexity index is 1270. The van der Waals surface area contributed by atoms with Crippen LogP contribution in [-0.4, -0.2) is 53.5 Å². The van der Waals surface area contributed by atoms with E-state index in [0.29, 0.717) is 23.1 Å². The number of carboxylic acid groups (broad SMARTS) is 1. The first kappa shape index (κ1) is 24.7. The van der Waals surface area contributed by atoms with Gasteiger partial charge in [-0.2, -0.15) is 0 Å². The highest BCUT2D eigenvalue weighted by Crippen LogP contribution is 2.38. The molecule has 2 heterocycles. The number of amides is 1. The van der Waals surface area contributed by atoms with Gasteiger partial charge in [-0.3, -0.25) is 0 Å². The van der Waals surface area contributed by atoms with Gasteiger partial charge in [0.05, 0.1) is 30.4 Å². The number of aromatic carboxylic acids is 1. The summed E-state index contributed by atoms with van der Waals surface area (Å²) in [4.78, 5) is 25.3. The molecule has 7 nitrogen and oxygen atoms in total. The molecule has 2 aromatic carbocycles. The molecule has 186 valence electrons. The quantitative estimate of drug-likeness (QED) is 0.518. The molecule has 0 radical (unpaired) electrons. The number of halogens is 2. The van der Waals surface area contributed by atoms with Gasteiger partial charge in [0, 0.05) is 23.9 Å². The first-order valence-electron chi connectivity index (χ1n) is 11.3. The van der Waals surface area contributed by atoms with Crippen molar-refractivity contribution in [2.45, 2.75) is 45.8 Å². The molecule has 35 heavy (non-hydrogen) atoms. The van der Waals surface area contributed by atoms with Gasteiger partial charge in [-0.05, 0) is 51.5 Å². The standard InChI is InChI=1S/C26H27F2NO6/c1-14-5-6-17-18(12-16-13-29(7-8-33-16)25(32)35-26(2,3)4)23(34-21(17)9-14)22-19(27)10-15(24(30)31)11-20(22)28/h5-6,9-11,16H,7-8,12-13H2,1-4H3,(H,30,31)/t16-/m0/s1. The minimum Gasteiger partial charge on any atom is -0.478 e. The zero-order valence-electron chi connectivity index (χ0n) is 20.0. The molecular formula is C26H27F2NO6. The molecule has 0 bridgehead atoms. The van der Waals surface area contributed by atoms with E-state index in [-0.39, 0.29) is 25.3 Å². The van der Waals surface area contributed by atoms with Crippen LogP contribution in [0.15, 0.2) is 34.7 Å². The molecule has 1 fully saturated rings. The van der Waals surface area contributed by atoms with Gasteiger partial charge < -0.3 is 23.9 Å². The lowest BCUT2D eigenvalue weighted by Gasteiger charge is -2.34. The van der Waals surface area contributed by atoms with Crippen LogP contribution in [0.4, 0.5) is 13.6 Å². The molecule has 1 aromatic heterocycles. The summed E-state index contributed by atoms with van der Waals surface area (Å²) in [6, 6.07) is 6.97. The number of ether oxygens (including phenoxy) is 2. The molecule has 0 aliphatic carbocycles. The molecule has 3 aromatic rings. The number of morpholine rings is 1. The fourth-order valence-corrected chi connectivity index (χ4v) is 4.14. The van der Waals surface area contributed by atoms with Gasteiger partial charge in [-0.15, -0.1) is 0 Å². The maximum atomic E-state index is 15.0. The number of furan rings is 1. The maximum Gasteiger partial charge on any atom is 0.410 e. The van der Waals surface area contributed by atoms with Crippen LogP contribution in [0.1, 0.15) is 42.3 Å². The van der Waals surface area contributed by atoms with Crippen molar-refractivity contribution >= 4 is 23.0 Å². The van der Waals surface area contributed by atoms with Crippen molar-refractivity contribution in [3.63, 3.8) is 0 Å². The molecule has 4 rings (SSSR count). The van der Waals surface area contributed by atoms with Crippen LogP contribution in [0.5, 0.6) is 0 Å². The van der Waals surface area contributed by atoms with Gasteiger partial charge >= 0.3 is 12.1 Å². The smallest absolute Gasteiger partial charge is 0.410 e. The van der Waals surface area contributed by atoms with E-state index < -0.39 is 46.5 Å². The highest BCUT2D eigenvalue weighted by Gasteiger charge is 2.31. The number of fused-ring (bicyclic) bond motifs is 1. The molecular weight excluding hydrogens is 460 g/mol. The Hall–Kier alpha value is -3.46. The van der Waals surface area contributed by atoms with Crippen molar-refractivity contribution in [2.75, 3.05) is 19.7 Å². The third kappa shape index (κ3) is 5.30. The van der Waals surface area contributed by atoms with Crippen LogP contribution in [0, 0.1) is 18.6 Å². The zero-order valence-corrected chi connectivity index (χ0v) is 20.0. The summed E-state index contributed by atoms with van der Waals surface area (Å²) in [5.41, 5.74) is 0.261. The summed E-state index contributed by atoms with van der Waals surface area (Å²) in [5, 5.41) is 9.79. The number of benzene rings is 2. The van der Waals surface area contributed by atoms with E-state index in [1.807, 2.05) is 19.1 Å². The topological polar surface area (TPSA) is 89.2 Å². The number of hydrogen-bond donors (Lipinski definition) is 1. The SMILES string of the molecule is Cc1ccc2c(C[C@H]3CN(C(=O)OC(C)(C)C)CCO3)c(-c3c(F)cc(C(=O)O)cc3F)oc2c1. The monoisotopic (exact) mass is 487 g/mol. The van der Waals surface area contributed by atoms with Crippen molar-refractivity contribution in [1.82, 2.24) is 4.90 Å². The number of aryl methyl sites for hydroxylation is 1. The number of hydrogen-bond acceptors (Lipinski definition) is 5. The largest absolute Gasteiger partial charge is 0.478 e. The van der Waals surface area contributed by atoms with Gasteiger partial charge in [-0.1, -0.05) is 12.1 Å². The molecule has 1 saturated heterocycles. The third-order valence-corrected chi connectivity index (χ3v) is 5.69. The molecule has 9 heteroatoms. The van der Waals surface area contributed by atoms with Gasteiger partial charge in [0.1, 0.15) is 28.6 Å². The van der Waals surface area contributed by atoms with Crippen molar-refractivity contribution in [1.29, 1.82) is 0 Å². The highest BCUT2D eigenvalue weighted by molar-refractivity contribution is 5.91. The Labute approximate surface area is 201 Å². The summed E-state index contributed by atoms with van der Waals surface area (Å²) in [6.45, 7) is 8.10.